The largest absolute Gasteiger partial charge is 0.313 e. The van der Waals surface area contributed by atoms with E-state index in [0.717, 1.165) is 6.54 Å². The molecule has 2 N–H and O–H groups in total. The Balaban J connectivity index is 2.21. The van der Waals surface area contributed by atoms with E-state index in [-0.39, 0.29) is 0 Å². The number of hydrogen-bond donors (Lipinski definition) is 2. The van der Waals surface area contributed by atoms with E-state index in [4.69, 9.17) is 0 Å². The third-order valence-corrected chi connectivity index (χ3v) is 4.43. The van der Waals surface area contributed by atoms with Crippen molar-refractivity contribution in [2.45, 2.75) is 44.4 Å². The topological polar surface area (TPSA) is 58.2 Å². The van der Waals surface area contributed by atoms with Gasteiger partial charge < -0.3 is 5.32 Å². The van der Waals surface area contributed by atoms with Crippen LogP contribution in [-0.2, 0) is 10.0 Å². The van der Waals surface area contributed by atoms with Gasteiger partial charge in [0, 0.05) is 19.1 Å². The predicted octanol–water partition coefficient (Wildman–Crippen LogP) is 0.456. The first-order valence-electron chi connectivity index (χ1n) is 5.05. The van der Waals surface area contributed by atoms with Gasteiger partial charge in [-0.3, -0.25) is 0 Å². The van der Waals surface area contributed by atoms with Gasteiger partial charge in [0.1, 0.15) is 0 Å². The van der Waals surface area contributed by atoms with Crippen LogP contribution in [0.2, 0.25) is 0 Å². The highest BCUT2D eigenvalue weighted by Crippen LogP contribution is 2.18. The van der Waals surface area contributed by atoms with Crippen LogP contribution in [0.4, 0.5) is 0 Å². The molecule has 0 heterocycles. The normalized spacial score (nSPS) is 18.5. The molecule has 84 valence electrons. The second-order valence-corrected chi connectivity index (χ2v) is 7.26. The summed E-state index contributed by atoms with van der Waals surface area (Å²) >= 11 is 0. The molecule has 0 unspecified atom stereocenters. The van der Waals surface area contributed by atoms with Crippen LogP contribution in [0.15, 0.2) is 0 Å². The Labute approximate surface area is 86.5 Å². The predicted molar refractivity (Wildman–Crippen MR) is 57.7 cm³/mol. The van der Waals surface area contributed by atoms with Crippen molar-refractivity contribution in [1.29, 1.82) is 0 Å². The van der Waals surface area contributed by atoms with Crippen LogP contribution >= 0.6 is 0 Å². The van der Waals surface area contributed by atoms with Crippen LogP contribution in [0.5, 0.6) is 0 Å². The van der Waals surface area contributed by atoms with Crippen LogP contribution in [0.25, 0.3) is 0 Å². The first kappa shape index (κ1) is 11.9. The van der Waals surface area contributed by atoms with Crippen LogP contribution < -0.4 is 10.0 Å². The highest BCUT2D eigenvalue weighted by atomic mass is 32.2. The van der Waals surface area contributed by atoms with Gasteiger partial charge in [0.05, 0.1) is 4.75 Å². The number of nitrogens with one attached hydrogen (secondary N) is 2. The lowest BCUT2D eigenvalue weighted by atomic mass is 10.3. The smallest absolute Gasteiger partial charge is 0.216 e. The molecule has 0 aromatic carbocycles. The molecule has 0 aromatic heterocycles. The summed E-state index contributed by atoms with van der Waals surface area (Å²) in [5.41, 5.74) is 0. The van der Waals surface area contributed by atoms with E-state index >= 15 is 0 Å². The van der Waals surface area contributed by atoms with Gasteiger partial charge in [-0.15, -0.1) is 0 Å². The number of rotatable bonds is 5. The van der Waals surface area contributed by atoms with Crippen LogP contribution in [0, 0.1) is 0 Å². The lowest BCUT2D eigenvalue weighted by Gasteiger charge is -2.19. The van der Waals surface area contributed by atoms with Gasteiger partial charge in [-0.05, 0) is 33.6 Å². The second kappa shape index (κ2) is 4.16. The van der Waals surface area contributed by atoms with Gasteiger partial charge in [0.25, 0.3) is 0 Å². The van der Waals surface area contributed by atoms with E-state index in [1.165, 1.54) is 12.8 Å². The van der Waals surface area contributed by atoms with Gasteiger partial charge in [-0.1, -0.05) is 0 Å². The van der Waals surface area contributed by atoms with Crippen molar-refractivity contribution in [2.24, 2.45) is 0 Å². The maximum atomic E-state index is 11.6. The van der Waals surface area contributed by atoms with Crippen molar-refractivity contribution in [2.75, 3.05) is 13.1 Å². The highest BCUT2D eigenvalue weighted by Gasteiger charge is 2.28. The van der Waals surface area contributed by atoms with Crippen molar-refractivity contribution in [3.63, 3.8) is 0 Å². The Morgan fingerprint density at radius 2 is 1.79 bits per heavy atom. The van der Waals surface area contributed by atoms with E-state index in [1.807, 2.05) is 0 Å². The average Bonchev–Trinajstić information content (AvgIpc) is 2.79. The summed E-state index contributed by atoms with van der Waals surface area (Å²) in [4.78, 5) is 0. The van der Waals surface area contributed by atoms with Crippen molar-refractivity contribution < 1.29 is 8.42 Å². The lowest BCUT2D eigenvalue weighted by Crippen LogP contribution is -2.42. The van der Waals surface area contributed by atoms with Crippen LogP contribution in [0.1, 0.15) is 33.6 Å². The SMILES string of the molecule is CC(C)(C)S(=O)(=O)NCCNC1CC1. The zero-order chi connectivity index (χ0) is 10.8. The molecule has 0 aromatic rings. The van der Waals surface area contributed by atoms with Crippen molar-refractivity contribution in [3.05, 3.63) is 0 Å². The standard InChI is InChI=1S/C9H20N2O2S/c1-9(2,3)14(12,13)11-7-6-10-8-4-5-8/h8,10-11H,4-7H2,1-3H3. The fourth-order valence-electron chi connectivity index (χ4n) is 0.966. The molecule has 5 heteroatoms. The Morgan fingerprint density at radius 3 is 2.21 bits per heavy atom. The minimum Gasteiger partial charge on any atom is -0.313 e. The highest BCUT2D eigenvalue weighted by molar-refractivity contribution is 7.90. The van der Waals surface area contributed by atoms with Gasteiger partial charge in [-0.25, -0.2) is 13.1 Å². The maximum absolute atomic E-state index is 11.6. The molecule has 0 bridgehead atoms. The zero-order valence-corrected chi connectivity index (χ0v) is 9.95. The summed E-state index contributed by atoms with van der Waals surface area (Å²) in [5, 5.41) is 3.25. The lowest BCUT2D eigenvalue weighted by molar-refractivity contribution is 0.541. The molecule has 0 atom stereocenters. The molecule has 4 nitrogen and oxygen atoms in total. The number of hydrogen-bond acceptors (Lipinski definition) is 3. The van der Waals surface area contributed by atoms with Crippen molar-refractivity contribution in [1.82, 2.24) is 10.0 Å². The van der Waals surface area contributed by atoms with E-state index in [9.17, 15) is 8.42 Å². The molecule has 0 radical (unpaired) electrons. The van der Waals surface area contributed by atoms with E-state index in [1.54, 1.807) is 20.8 Å². The summed E-state index contributed by atoms with van der Waals surface area (Å²) in [6, 6.07) is 0.633. The summed E-state index contributed by atoms with van der Waals surface area (Å²) < 4.78 is 25.0. The Hall–Kier alpha value is -0.130. The average molecular weight is 220 g/mol. The quantitative estimate of drug-likeness (QED) is 0.662. The molecule has 14 heavy (non-hydrogen) atoms. The Bertz CT molecular complexity index is 276. The van der Waals surface area contributed by atoms with E-state index in [0.29, 0.717) is 12.6 Å². The van der Waals surface area contributed by atoms with E-state index in [2.05, 4.69) is 10.0 Å². The fraction of sp³-hybridized carbons (Fsp3) is 1.00. The first-order chi connectivity index (χ1) is 6.33. The molecule has 1 rings (SSSR count). The minimum atomic E-state index is -3.17. The van der Waals surface area contributed by atoms with E-state index < -0.39 is 14.8 Å². The van der Waals surface area contributed by atoms with Crippen LogP contribution in [-0.4, -0.2) is 32.3 Å². The molecule has 0 saturated heterocycles. The third kappa shape index (κ3) is 3.55. The van der Waals surface area contributed by atoms with Gasteiger partial charge in [0.15, 0.2) is 0 Å². The molecule has 0 aliphatic heterocycles. The minimum absolute atomic E-state index is 0.482. The summed E-state index contributed by atoms with van der Waals surface area (Å²) in [5.74, 6) is 0. The van der Waals surface area contributed by atoms with Gasteiger partial charge in [0.2, 0.25) is 10.0 Å². The molecule has 0 amide bonds. The summed E-state index contributed by atoms with van der Waals surface area (Å²) in [6.07, 6.45) is 2.46. The second-order valence-electron chi connectivity index (χ2n) is 4.74. The molecule has 1 aliphatic carbocycles. The Kier molecular flexibility index (Phi) is 3.55. The first-order valence-corrected chi connectivity index (χ1v) is 6.54. The van der Waals surface area contributed by atoms with Crippen molar-refractivity contribution in [3.8, 4) is 0 Å². The molecular weight excluding hydrogens is 200 g/mol. The summed E-state index contributed by atoms with van der Waals surface area (Å²) in [6.45, 7) is 6.30. The van der Waals surface area contributed by atoms with Crippen LogP contribution in [0.3, 0.4) is 0 Å². The molecule has 1 saturated carbocycles. The molecular formula is C9H20N2O2S. The maximum Gasteiger partial charge on any atom is 0.216 e. The molecule has 0 spiro atoms. The van der Waals surface area contributed by atoms with Crippen molar-refractivity contribution >= 4 is 10.0 Å². The van der Waals surface area contributed by atoms with Gasteiger partial charge >= 0.3 is 0 Å². The monoisotopic (exact) mass is 220 g/mol. The molecule has 1 fully saturated rings. The number of sulfonamides is 1. The fourth-order valence-corrected chi connectivity index (χ4v) is 1.77. The summed E-state index contributed by atoms with van der Waals surface area (Å²) in [7, 11) is -3.17. The third-order valence-electron chi connectivity index (χ3n) is 2.23. The zero-order valence-electron chi connectivity index (χ0n) is 9.13. The molecule has 1 aliphatic rings. The Morgan fingerprint density at radius 1 is 1.21 bits per heavy atom. The van der Waals surface area contributed by atoms with Gasteiger partial charge in [-0.2, -0.15) is 0 Å².